The molecule has 6 heteroatoms. The highest BCUT2D eigenvalue weighted by atomic mass is 79.9. The van der Waals surface area contributed by atoms with Crippen LogP contribution in [-0.4, -0.2) is 15.3 Å². The number of carbonyl (C=O) groups excluding carboxylic acids is 1. The van der Waals surface area contributed by atoms with E-state index in [0.29, 0.717) is 20.2 Å². The highest BCUT2D eigenvalue weighted by Gasteiger charge is 2.12. The number of rotatable bonds is 3. The van der Waals surface area contributed by atoms with Crippen molar-refractivity contribution in [3.05, 3.63) is 61.1 Å². The summed E-state index contributed by atoms with van der Waals surface area (Å²) >= 11 is 6.50. The molecule has 2 rings (SSSR count). The minimum Gasteiger partial charge on any atom is -0.292 e. The van der Waals surface area contributed by atoms with Crippen molar-refractivity contribution in [2.75, 3.05) is 0 Å². The number of hydrogen-bond acceptors (Lipinski definition) is 3. The first-order valence-electron chi connectivity index (χ1n) is 5.50. The van der Waals surface area contributed by atoms with Crippen LogP contribution in [0.2, 0.25) is 0 Å². The summed E-state index contributed by atoms with van der Waals surface area (Å²) in [5.41, 5.74) is 0.897. The maximum Gasteiger partial charge on any atom is 0.268 e. The zero-order valence-electron chi connectivity index (χ0n) is 10.1. The summed E-state index contributed by atoms with van der Waals surface area (Å²) in [5, 5.41) is 0. The molecule has 0 atom stereocenters. The molecule has 1 aromatic carbocycles. The average molecular weight is 386 g/mol. The van der Waals surface area contributed by atoms with E-state index in [-0.39, 0.29) is 17.9 Å². The van der Waals surface area contributed by atoms with Crippen LogP contribution in [0.15, 0.2) is 44.3 Å². The van der Waals surface area contributed by atoms with Gasteiger partial charge in [0.05, 0.1) is 18.6 Å². The van der Waals surface area contributed by atoms with E-state index in [1.54, 1.807) is 25.1 Å². The maximum absolute atomic E-state index is 12.2. The number of aryl methyl sites for hydroxylation is 1. The van der Waals surface area contributed by atoms with Crippen LogP contribution in [0, 0.1) is 6.92 Å². The molecule has 0 amide bonds. The van der Waals surface area contributed by atoms with Crippen molar-refractivity contribution in [1.82, 2.24) is 9.55 Å². The van der Waals surface area contributed by atoms with Crippen LogP contribution in [0.3, 0.4) is 0 Å². The average Bonchev–Trinajstić information content (AvgIpc) is 2.40. The lowest BCUT2D eigenvalue weighted by Crippen LogP contribution is -2.26. The van der Waals surface area contributed by atoms with Gasteiger partial charge in [-0.25, -0.2) is 4.98 Å². The number of Topliss-reactive ketones (excluding diaryl/α,β-unsaturated/α-hetero) is 1. The fraction of sp³-hybridized carbons (Fsp3) is 0.154. The van der Waals surface area contributed by atoms with Crippen molar-refractivity contribution in [3.8, 4) is 0 Å². The van der Waals surface area contributed by atoms with Crippen LogP contribution in [0.5, 0.6) is 0 Å². The molecule has 0 aliphatic rings. The summed E-state index contributed by atoms with van der Waals surface area (Å²) in [4.78, 5) is 28.2. The zero-order valence-corrected chi connectivity index (χ0v) is 13.2. The quantitative estimate of drug-likeness (QED) is 0.763. The third-order valence-electron chi connectivity index (χ3n) is 2.65. The topological polar surface area (TPSA) is 52.0 Å². The molecule has 0 bridgehead atoms. The second kappa shape index (κ2) is 5.79. The van der Waals surface area contributed by atoms with Gasteiger partial charge < -0.3 is 0 Å². The van der Waals surface area contributed by atoms with E-state index >= 15 is 0 Å². The largest absolute Gasteiger partial charge is 0.292 e. The lowest BCUT2D eigenvalue weighted by atomic mass is 10.1. The Morgan fingerprint density at radius 2 is 2.00 bits per heavy atom. The fourth-order valence-corrected chi connectivity index (χ4v) is 2.42. The normalized spacial score (nSPS) is 10.5. The maximum atomic E-state index is 12.2. The third kappa shape index (κ3) is 3.01. The first-order valence-corrected chi connectivity index (χ1v) is 7.08. The van der Waals surface area contributed by atoms with Crippen LogP contribution in [-0.2, 0) is 6.54 Å². The van der Waals surface area contributed by atoms with Gasteiger partial charge in [0.15, 0.2) is 5.78 Å². The van der Waals surface area contributed by atoms with E-state index in [4.69, 9.17) is 0 Å². The van der Waals surface area contributed by atoms with Crippen molar-refractivity contribution in [1.29, 1.82) is 0 Å². The van der Waals surface area contributed by atoms with Gasteiger partial charge in [0.2, 0.25) is 0 Å². The predicted octanol–water partition coefficient (Wildman–Crippen LogP) is 2.96. The minimum absolute atomic E-state index is 0.0344. The molecule has 0 radical (unpaired) electrons. The van der Waals surface area contributed by atoms with Crippen molar-refractivity contribution < 1.29 is 4.79 Å². The highest BCUT2D eigenvalue weighted by molar-refractivity contribution is 9.10. The Morgan fingerprint density at radius 3 is 2.68 bits per heavy atom. The molecule has 0 saturated carbocycles. The number of ketones is 1. The lowest BCUT2D eigenvalue weighted by Gasteiger charge is -2.07. The number of benzene rings is 1. The van der Waals surface area contributed by atoms with Crippen LogP contribution in [0.25, 0.3) is 0 Å². The smallest absolute Gasteiger partial charge is 0.268 e. The second-order valence-electron chi connectivity index (χ2n) is 3.98. The van der Waals surface area contributed by atoms with Gasteiger partial charge in [0.25, 0.3) is 5.56 Å². The molecule has 0 unspecified atom stereocenters. The van der Waals surface area contributed by atoms with Gasteiger partial charge in [-0.15, -0.1) is 0 Å². The Hall–Kier alpha value is -1.27. The predicted molar refractivity (Wildman–Crippen MR) is 79.4 cm³/mol. The van der Waals surface area contributed by atoms with E-state index in [1.165, 1.54) is 10.9 Å². The highest BCUT2D eigenvalue weighted by Crippen LogP contribution is 2.17. The molecular formula is C13H10Br2N2O2. The number of aromatic nitrogens is 2. The monoisotopic (exact) mass is 384 g/mol. The molecule has 0 fully saturated rings. The summed E-state index contributed by atoms with van der Waals surface area (Å²) < 4.78 is 2.39. The minimum atomic E-state index is -0.257. The molecule has 98 valence electrons. The molecule has 4 nitrogen and oxygen atoms in total. The molecule has 0 aliphatic carbocycles. The number of nitrogens with zero attached hydrogens (tertiary/aromatic N) is 2. The van der Waals surface area contributed by atoms with Gasteiger partial charge in [-0.05, 0) is 28.9 Å². The Morgan fingerprint density at radius 1 is 1.32 bits per heavy atom. The Kier molecular flexibility index (Phi) is 4.31. The second-order valence-corrected chi connectivity index (χ2v) is 5.63. The van der Waals surface area contributed by atoms with Crippen molar-refractivity contribution >= 4 is 37.6 Å². The van der Waals surface area contributed by atoms with Gasteiger partial charge in [0, 0.05) is 10.0 Å². The Bertz CT molecular complexity index is 695. The molecule has 1 aromatic heterocycles. The molecule has 19 heavy (non-hydrogen) atoms. The number of carbonyl (C=O) groups is 1. The first-order chi connectivity index (χ1) is 9.00. The van der Waals surface area contributed by atoms with Crippen LogP contribution in [0.1, 0.15) is 16.1 Å². The summed E-state index contributed by atoms with van der Waals surface area (Å²) in [7, 11) is 0. The van der Waals surface area contributed by atoms with Gasteiger partial charge in [-0.3, -0.25) is 14.2 Å². The zero-order chi connectivity index (χ0) is 14.0. The van der Waals surface area contributed by atoms with E-state index in [0.717, 1.165) is 0 Å². The molecule has 1 heterocycles. The Balaban J connectivity index is 2.33. The molecule has 0 saturated heterocycles. The lowest BCUT2D eigenvalue weighted by molar-refractivity contribution is 0.0969. The molecular weight excluding hydrogens is 376 g/mol. The fourth-order valence-electron chi connectivity index (χ4n) is 1.59. The van der Waals surface area contributed by atoms with E-state index in [1.807, 2.05) is 6.07 Å². The van der Waals surface area contributed by atoms with Gasteiger partial charge in [-0.2, -0.15) is 0 Å². The van der Waals surface area contributed by atoms with Crippen molar-refractivity contribution in [2.24, 2.45) is 0 Å². The van der Waals surface area contributed by atoms with Gasteiger partial charge in [-0.1, -0.05) is 34.1 Å². The van der Waals surface area contributed by atoms with Crippen LogP contribution in [0.4, 0.5) is 0 Å². The number of hydrogen-bond donors (Lipinski definition) is 0. The van der Waals surface area contributed by atoms with Gasteiger partial charge in [0.1, 0.15) is 4.47 Å². The van der Waals surface area contributed by atoms with Crippen LogP contribution < -0.4 is 5.56 Å². The summed E-state index contributed by atoms with van der Waals surface area (Å²) in [6, 6.07) is 7.12. The third-order valence-corrected chi connectivity index (χ3v) is 4.25. The SMILES string of the molecule is Cc1ncn(CC(=O)c2ccccc2Br)c(=O)c1Br. The van der Waals surface area contributed by atoms with E-state index < -0.39 is 0 Å². The van der Waals surface area contributed by atoms with E-state index in [2.05, 4.69) is 36.8 Å². The Labute approximate surface area is 126 Å². The molecule has 2 aromatic rings. The molecule has 0 aliphatic heterocycles. The summed E-state index contributed by atoms with van der Waals surface area (Å²) in [6.45, 7) is 1.69. The summed E-state index contributed by atoms with van der Waals surface area (Å²) in [6.07, 6.45) is 1.39. The van der Waals surface area contributed by atoms with Crippen molar-refractivity contribution in [3.63, 3.8) is 0 Å². The van der Waals surface area contributed by atoms with Crippen molar-refractivity contribution in [2.45, 2.75) is 13.5 Å². The van der Waals surface area contributed by atoms with Crippen LogP contribution >= 0.6 is 31.9 Å². The standard InChI is InChI=1S/C13H10Br2N2O2/c1-8-12(15)13(19)17(7-16-8)6-11(18)9-4-2-3-5-10(9)14/h2-5,7H,6H2,1H3. The molecule has 0 N–H and O–H groups in total. The summed E-state index contributed by atoms with van der Waals surface area (Å²) in [5.74, 6) is -0.146. The number of halogens is 2. The van der Waals surface area contributed by atoms with E-state index in [9.17, 15) is 9.59 Å². The first kappa shape index (κ1) is 14.1. The molecule has 0 spiro atoms. The van der Waals surface area contributed by atoms with Gasteiger partial charge >= 0.3 is 0 Å².